The minimum atomic E-state index is -0.249. The Kier molecular flexibility index (Phi) is 4.15. The van der Waals surface area contributed by atoms with E-state index in [-0.39, 0.29) is 11.9 Å². The monoisotopic (exact) mass is 300 g/mol. The molecule has 0 heterocycles. The van der Waals surface area contributed by atoms with E-state index in [1.807, 2.05) is 0 Å². The van der Waals surface area contributed by atoms with Crippen LogP contribution in [0.4, 0.5) is 10.1 Å². The molecule has 0 radical (unpaired) electrons. The first kappa shape index (κ1) is 14.0. The maximum atomic E-state index is 12.9. The molecule has 0 spiro atoms. The first-order chi connectivity index (χ1) is 10.2. The molecule has 0 bridgehead atoms. The minimum Gasteiger partial charge on any atom is -0.356 e. The number of halogens is 1. The Morgan fingerprint density at radius 3 is 2.67 bits per heavy atom. The molecule has 2 N–H and O–H groups in total. The van der Waals surface area contributed by atoms with Crippen LogP contribution < -0.4 is 10.6 Å². The Morgan fingerprint density at radius 1 is 1.10 bits per heavy atom. The zero-order valence-electron chi connectivity index (χ0n) is 11.6. The van der Waals surface area contributed by atoms with Crippen LogP contribution >= 0.6 is 12.2 Å². The van der Waals surface area contributed by atoms with Gasteiger partial charge in [-0.2, -0.15) is 0 Å². The molecule has 21 heavy (non-hydrogen) atoms. The number of anilines is 1. The fraction of sp³-hybridized carbons (Fsp3) is 0.235. The molecule has 0 unspecified atom stereocenters. The van der Waals surface area contributed by atoms with Gasteiger partial charge in [-0.05, 0) is 66.9 Å². The maximum Gasteiger partial charge on any atom is 0.171 e. The van der Waals surface area contributed by atoms with Gasteiger partial charge in [0.05, 0.1) is 6.04 Å². The Hall–Kier alpha value is -1.94. The summed E-state index contributed by atoms with van der Waals surface area (Å²) in [6.07, 6.45) is 3.36. The molecule has 2 aromatic carbocycles. The highest BCUT2D eigenvalue weighted by atomic mass is 32.1. The highest BCUT2D eigenvalue weighted by Crippen LogP contribution is 2.29. The molecule has 1 aliphatic rings. The highest BCUT2D eigenvalue weighted by molar-refractivity contribution is 7.80. The molecule has 1 atom stereocenters. The molecule has 108 valence electrons. The first-order valence-corrected chi connectivity index (χ1v) is 7.54. The summed E-state index contributed by atoms with van der Waals surface area (Å²) in [7, 11) is 0. The molecule has 0 amide bonds. The van der Waals surface area contributed by atoms with Crippen molar-refractivity contribution in [3.63, 3.8) is 0 Å². The zero-order valence-corrected chi connectivity index (χ0v) is 12.4. The summed E-state index contributed by atoms with van der Waals surface area (Å²) in [4.78, 5) is 0. The highest BCUT2D eigenvalue weighted by Gasteiger charge is 2.20. The normalized spacial score (nSPS) is 16.9. The van der Waals surface area contributed by atoms with Crippen LogP contribution in [0.25, 0.3) is 0 Å². The molecule has 4 heteroatoms. The van der Waals surface area contributed by atoms with Crippen molar-refractivity contribution in [3.05, 3.63) is 65.5 Å². The SMILES string of the molecule is Fc1ccc(NC(=S)N[C@@H]2CCCc3ccccc32)cc1. The average molecular weight is 300 g/mol. The van der Waals surface area contributed by atoms with Gasteiger partial charge in [0.25, 0.3) is 0 Å². The summed E-state index contributed by atoms with van der Waals surface area (Å²) in [5, 5.41) is 7.04. The van der Waals surface area contributed by atoms with Crippen molar-refractivity contribution in [1.82, 2.24) is 5.32 Å². The second-order valence-electron chi connectivity index (χ2n) is 5.25. The van der Waals surface area contributed by atoms with Crippen LogP contribution in [0, 0.1) is 5.82 Å². The largest absolute Gasteiger partial charge is 0.356 e. The van der Waals surface area contributed by atoms with Crippen LogP contribution in [0.1, 0.15) is 30.0 Å². The Morgan fingerprint density at radius 2 is 1.86 bits per heavy atom. The van der Waals surface area contributed by atoms with E-state index in [1.165, 1.54) is 23.3 Å². The predicted molar refractivity (Wildman–Crippen MR) is 87.9 cm³/mol. The van der Waals surface area contributed by atoms with Crippen molar-refractivity contribution in [2.45, 2.75) is 25.3 Å². The van der Waals surface area contributed by atoms with Crippen LogP contribution in [-0.2, 0) is 6.42 Å². The van der Waals surface area contributed by atoms with Crippen LogP contribution in [-0.4, -0.2) is 5.11 Å². The van der Waals surface area contributed by atoms with Crippen molar-refractivity contribution in [3.8, 4) is 0 Å². The van der Waals surface area contributed by atoms with Gasteiger partial charge in [0.2, 0.25) is 0 Å². The molecule has 2 nitrogen and oxygen atoms in total. The second kappa shape index (κ2) is 6.22. The molecule has 3 rings (SSSR count). The summed E-state index contributed by atoms with van der Waals surface area (Å²) in [5.41, 5.74) is 3.51. The summed E-state index contributed by atoms with van der Waals surface area (Å²) in [6.45, 7) is 0. The third-order valence-corrected chi connectivity index (χ3v) is 4.00. The smallest absolute Gasteiger partial charge is 0.171 e. The van der Waals surface area contributed by atoms with E-state index in [0.717, 1.165) is 24.9 Å². The number of benzene rings is 2. The van der Waals surface area contributed by atoms with Crippen molar-refractivity contribution in [2.24, 2.45) is 0 Å². The average Bonchev–Trinajstić information content (AvgIpc) is 2.50. The molecular weight excluding hydrogens is 283 g/mol. The fourth-order valence-corrected chi connectivity index (χ4v) is 3.02. The fourth-order valence-electron chi connectivity index (χ4n) is 2.76. The Bertz CT molecular complexity index is 639. The van der Waals surface area contributed by atoms with Gasteiger partial charge < -0.3 is 10.6 Å². The van der Waals surface area contributed by atoms with E-state index in [1.54, 1.807) is 12.1 Å². The number of rotatable bonds is 2. The quantitative estimate of drug-likeness (QED) is 0.813. The number of hydrogen-bond donors (Lipinski definition) is 2. The van der Waals surface area contributed by atoms with Gasteiger partial charge in [-0.25, -0.2) is 4.39 Å². The van der Waals surface area contributed by atoms with Crippen LogP contribution in [0.3, 0.4) is 0 Å². The number of fused-ring (bicyclic) bond motifs is 1. The van der Waals surface area contributed by atoms with Crippen LogP contribution in [0.2, 0.25) is 0 Å². The minimum absolute atomic E-state index is 0.246. The lowest BCUT2D eigenvalue weighted by atomic mass is 9.88. The standard InChI is InChI=1S/C17H17FN2S/c18-13-8-10-14(11-9-13)19-17(21)20-16-7-3-5-12-4-1-2-6-15(12)16/h1-2,4,6,8-11,16H,3,5,7H2,(H2,19,20,21)/t16-/m1/s1. The first-order valence-electron chi connectivity index (χ1n) is 7.13. The van der Waals surface area contributed by atoms with Gasteiger partial charge in [-0.3, -0.25) is 0 Å². The summed E-state index contributed by atoms with van der Waals surface area (Å²) in [5.74, 6) is -0.249. The molecule has 1 aliphatic carbocycles. The van der Waals surface area contributed by atoms with Gasteiger partial charge in [0.1, 0.15) is 5.82 Å². The summed E-state index contributed by atoms with van der Waals surface area (Å²) < 4.78 is 12.9. The van der Waals surface area contributed by atoms with E-state index >= 15 is 0 Å². The number of aryl methyl sites for hydroxylation is 1. The second-order valence-corrected chi connectivity index (χ2v) is 5.66. The molecular formula is C17H17FN2S. The van der Waals surface area contributed by atoms with E-state index in [2.05, 4.69) is 34.9 Å². The lowest BCUT2D eigenvalue weighted by molar-refractivity contribution is 0.529. The maximum absolute atomic E-state index is 12.9. The number of nitrogens with one attached hydrogen (secondary N) is 2. The van der Waals surface area contributed by atoms with Gasteiger partial charge in [-0.15, -0.1) is 0 Å². The van der Waals surface area contributed by atoms with Crippen LogP contribution in [0.15, 0.2) is 48.5 Å². The molecule has 0 saturated heterocycles. The lowest BCUT2D eigenvalue weighted by Crippen LogP contribution is -2.34. The van der Waals surface area contributed by atoms with Gasteiger partial charge in [-0.1, -0.05) is 24.3 Å². The Labute approximate surface area is 129 Å². The lowest BCUT2D eigenvalue weighted by Gasteiger charge is -2.27. The summed E-state index contributed by atoms with van der Waals surface area (Å²) >= 11 is 5.36. The van der Waals surface area contributed by atoms with Crippen molar-refractivity contribution >= 4 is 23.0 Å². The van der Waals surface area contributed by atoms with E-state index in [0.29, 0.717) is 5.11 Å². The molecule has 2 aromatic rings. The molecule has 0 aliphatic heterocycles. The molecule has 0 saturated carbocycles. The van der Waals surface area contributed by atoms with Crippen molar-refractivity contribution in [2.75, 3.05) is 5.32 Å². The van der Waals surface area contributed by atoms with Crippen molar-refractivity contribution in [1.29, 1.82) is 0 Å². The molecule has 0 fully saturated rings. The van der Waals surface area contributed by atoms with E-state index in [9.17, 15) is 4.39 Å². The van der Waals surface area contributed by atoms with Gasteiger partial charge >= 0.3 is 0 Å². The van der Waals surface area contributed by atoms with Crippen LogP contribution in [0.5, 0.6) is 0 Å². The van der Waals surface area contributed by atoms with Crippen molar-refractivity contribution < 1.29 is 4.39 Å². The Balaban J connectivity index is 1.67. The predicted octanol–water partition coefficient (Wildman–Crippen LogP) is 4.19. The third-order valence-electron chi connectivity index (χ3n) is 3.78. The van der Waals surface area contributed by atoms with E-state index in [4.69, 9.17) is 12.2 Å². The topological polar surface area (TPSA) is 24.1 Å². The number of hydrogen-bond acceptors (Lipinski definition) is 1. The van der Waals surface area contributed by atoms with Gasteiger partial charge in [0.15, 0.2) is 5.11 Å². The molecule has 0 aromatic heterocycles. The van der Waals surface area contributed by atoms with Gasteiger partial charge in [0, 0.05) is 5.69 Å². The van der Waals surface area contributed by atoms with E-state index < -0.39 is 0 Å². The zero-order chi connectivity index (χ0) is 14.7. The summed E-state index contributed by atoms with van der Waals surface area (Å²) in [6, 6.07) is 14.9. The number of thiocarbonyl (C=S) groups is 1. The third kappa shape index (κ3) is 3.39.